The molecule has 168 valence electrons. The molecule has 0 aliphatic rings. The third-order valence-corrected chi connectivity index (χ3v) is 5.92. The fourth-order valence-electron chi connectivity index (χ4n) is 3.08. The van der Waals surface area contributed by atoms with Gasteiger partial charge >= 0.3 is 12.3 Å². The SMILES string of the molecule is O=C(O)c1ccccc1CCc1ccccc1NS(=O)(=O)c1ccc(OC(F)(F)F)cc1. The van der Waals surface area contributed by atoms with E-state index in [0.717, 1.165) is 24.3 Å². The highest BCUT2D eigenvalue weighted by molar-refractivity contribution is 7.92. The summed E-state index contributed by atoms with van der Waals surface area (Å²) in [5.41, 5.74) is 1.70. The van der Waals surface area contributed by atoms with Gasteiger partial charge in [0.05, 0.1) is 16.1 Å². The molecule has 3 aromatic rings. The quantitative estimate of drug-likeness (QED) is 0.495. The standard InChI is InChI=1S/C22H18F3NO5S/c23-22(24,25)31-17-11-13-18(14-12-17)32(29,30)26-20-8-4-2-6-16(20)10-9-15-5-1-3-7-19(15)21(27)28/h1-8,11-14,26H,9-10H2,(H,27,28). The van der Waals surface area contributed by atoms with Gasteiger partial charge in [-0.3, -0.25) is 4.72 Å². The Balaban J connectivity index is 1.78. The zero-order valence-electron chi connectivity index (χ0n) is 16.5. The number of hydrogen-bond donors (Lipinski definition) is 2. The highest BCUT2D eigenvalue weighted by Crippen LogP contribution is 2.26. The van der Waals surface area contributed by atoms with Crippen molar-refractivity contribution in [2.75, 3.05) is 4.72 Å². The van der Waals surface area contributed by atoms with Crippen LogP contribution in [0.2, 0.25) is 0 Å². The Hall–Kier alpha value is -3.53. The average molecular weight is 465 g/mol. The first-order chi connectivity index (χ1) is 15.0. The molecule has 0 aliphatic carbocycles. The zero-order valence-corrected chi connectivity index (χ0v) is 17.3. The molecule has 0 radical (unpaired) electrons. The number of sulfonamides is 1. The zero-order chi connectivity index (χ0) is 23.4. The molecule has 0 spiro atoms. The Labute approximate surface area is 182 Å². The molecule has 3 aromatic carbocycles. The molecule has 0 atom stereocenters. The van der Waals surface area contributed by atoms with Crippen LogP contribution >= 0.6 is 0 Å². The van der Waals surface area contributed by atoms with Crippen LogP contribution < -0.4 is 9.46 Å². The Morgan fingerprint density at radius 3 is 2.06 bits per heavy atom. The van der Waals surface area contributed by atoms with E-state index in [4.69, 9.17) is 0 Å². The van der Waals surface area contributed by atoms with Crippen LogP contribution in [0.4, 0.5) is 18.9 Å². The van der Waals surface area contributed by atoms with Crippen LogP contribution in [0, 0.1) is 0 Å². The summed E-state index contributed by atoms with van der Waals surface area (Å²) in [4.78, 5) is 11.1. The lowest BCUT2D eigenvalue weighted by Gasteiger charge is -2.14. The van der Waals surface area contributed by atoms with Crippen LogP contribution in [0.15, 0.2) is 77.7 Å². The van der Waals surface area contributed by atoms with Crippen molar-refractivity contribution in [2.24, 2.45) is 0 Å². The van der Waals surface area contributed by atoms with E-state index in [1.165, 1.54) is 6.07 Å². The number of carbonyl (C=O) groups is 1. The Bertz CT molecular complexity index is 1210. The first-order valence-corrected chi connectivity index (χ1v) is 10.8. The number of halogens is 3. The lowest BCUT2D eigenvalue weighted by atomic mass is 9.99. The van der Waals surface area contributed by atoms with Gasteiger partial charge in [-0.1, -0.05) is 36.4 Å². The van der Waals surface area contributed by atoms with E-state index in [0.29, 0.717) is 24.0 Å². The lowest BCUT2D eigenvalue weighted by Crippen LogP contribution is -2.17. The van der Waals surface area contributed by atoms with Gasteiger partial charge in [0, 0.05) is 0 Å². The largest absolute Gasteiger partial charge is 0.573 e. The minimum Gasteiger partial charge on any atom is -0.478 e. The molecule has 0 aliphatic heterocycles. The minimum absolute atomic E-state index is 0.173. The number of aryl methyl sites for hydroxylation is 2. The number of carboxylic acids is 1. The first-order valence-electron chi connectivity index (χ1n) is 9.33. The molecule has 0 aromatic heterocycles. The number of alkyl halides is 3. The highest BCUT2D eigenvalue weighted by atomic mass is 32.2. The smallest absolute Gasteiger partial charge is 0.478 e. The van der Waals surface area contributed by atoms with Crippen LogP contribution in [0.1, 0.15) is 21.5 Å². The van der Waals surface area contributed by atoms with Gasteiger partial charge in [-0.25, -0.2) is 13.2 Å². The lowest BCUT2D eigenvalue weighted by molar-refractivity contribution is -0.274. The fraction of sp³-hybridized carbons (Fsp3) is 0.136. The number of para-hydroxylation sites is 1. The third-order valence-electron chi connectivity index (χ3n) is 4.54. The number of aromatic carboxylic acids is 1. The molecule has 0 saturated heterocycles. The van der Waals surface area contributed by atoms with Gasteiger partial charge in [-0.05, 0) is 60.4 Å². The third kappa shape index (κ3) is 6.01. The number of benzene rings is 3. The van der Waals surface area contributed by atoms with Crippen LogP contribution in [-0.4, -0.2) is 25.9 Å². The van der Waals surface area contributed by atoms with Crippen LogP contribution in [0.3, 0.4) is 0 Å². The molecule has 0 amide bonds. The molecular weight excluding hydrogens is 447 g/mol. The van der Waals surface area contributed by atoms with Gasteiger partial charge in [-0.2, -0.15) is 0 Å². The van der Waals surface area contributed by atoms with E-state index in [1.807, 2.05) is 0 Å². The summed E-state index contributed by atoms with van der Waals surface area (Å²) in [6, 6.07) is 17.0. The van der Waals surface area contributed by atoms with Crippen LogP contribution in [0.25, 0.3) is 0 Å². The number of hydrogen-bond acceptors (Lipinski definition) is 4. The van der Waals surface area contributed by atoms with Crippen molar-refractivity contribution in [1.29, 1.82) is 0 Å². The second-order valence-electron chi connectivity index (χ2n) is 6.74. The number of ether oxygens (including phenoxy) is 1. The second-order valence-corrected chi connectivity index (χ2v) is 8.43. The number of nitrogens with one attached hydrogen (secondary N) is 1. The molecular formula is C22H18F3NO5S. The van der Waals surface area contributed by atoms with Crippen molar-refractivity contribution in [1.82, 2.24) is 0 Å². The second kappa shape index (κ2) is 9.31. The van der Waals surface area contributed by atoms with Crippen LogP contribution in [-0.2, 0) is 22.9 Å². The topological polar surface area (TPSA) is 92.7 Å². The molecule has 6 nitrogen and oxygen atoms in total. The van der Waals surface area contributed by atoms with E-state index in [1.54, 1.807) is 42.5 Å². The predicted molar refractivity (Wildman–Crippen MR) is 111 cm³/mol. The minimum atomic E-state index is -4.88. The summed E-state index contributed by atoms with van der Waals surface area (Å²) in [6.07, 6.45) is -4.15. The summed E-state index contributed by atoms with van der Waals surface area (Å²) in [5, 5.41) is 9.32. The predicted octanol–water partition coefficient (Wildman–Crippen LogP) is 4.87. The molecule has 0 unspecified atom stereocenters. The number of anilines is 1. The summed E-state index contributed by atoms with van der Waals surface area (Å²) >= 11 is 0. The van der Waals surface area contributed by atoms with Crippen LogP contribution in [0.5, 0.6) is 5.75 Å². The van der Waals surface area contributed by atoms with E-state index >= 15 is 0 Å². The van der Waals surface area contributed by atoms with Crippen molar-refractivity contribution >= 4 is 21.7 Å². The van der Waals surface area contributed by atoms with Crippen molar-refractivity contribution in [2.45, 2.75) is 24.1 Å². The number of rotatable bonds is 8. The fourth-order valence-corrected chi connectivity index (χ4v) is 4.18. The average Bonchev–Trinajstić information content (AvgIpc) is 2.72. The molecule has 0 saturated carbocycles. The monoisotopic (exact) mass is 465 g/mol. The van der Waals surface area contributed by atoms with Crippen molar-refractivity contribution in [3.8, 4) is 5.75 Å². The molecule has 0 fully saturated rings. The van der Waals surface area contributed by atoms with Gasteiger partial charge in [0.25, 0.3) is 10.0 Å². The number of carboxylic acid groups (broad SMARTS) is 1. The van der Waals surface area contributed by atoms with E-state index < -0.39 is 28.1 Å². The summed E-state index contributed by atoms with van der Waals surface area (Å²) in [5.74, 6) is -1.58. The molecule has 0 bridgehead atoms. The van der Waals surface area contributed by atoms with E-state index in [2.05, 4.69) is 9.46 Å². The highest BCUT2D eigenvalue weighted by Gasteiger charge is 2.31. The molecule has 0 heterocycles. The Kier molecular flexibility index (Phi) is 6.73. The van der Waals surface area contributed by atoms with Crippen molar-refractivity contribution in [3.63, 3.8) is 0 Å². The van der Waals surface area contributed by atoms with Crippen molar-refractivity contribution < 1.29 is 36.2 Å². The maximum absolute atomic E-state index is 12.7. The van der Waals surface area contributed by atoms with Gasteiger partial charge in [0.1, 0.15) is 5.75 Å². The molecule has 3 rings (SSSR count). The van der Waals surface area contributed by atoms with E-state index in [-0.39, 0.29) is 16.1 Å². The van der Waals surface area contributed by atoms with E-state index in [9.17, 15) is 31.5 Å². The Morgan fingerprint density at radius 1 is 0.875 bits per heavy atom. The van der Waals surface area contributed by atoms with Gasteiger partial charge in [0.15, 0.2) is 0 Å². The molecule has 10 heteroatoms. The summed E-state index contributed by atoms with van der Waals surface area (Å²) in [6.45, 7) is 0. The van der Waals surface area contributed by atoms with Gasteiger partial charge in [0.2, 0.25) is 0 Å². The van der Waals surface area contributed by atoms with Crippen molar-refractivity contribution in [3.05, 3.63) is 89.5 Å². The maximum atomic E-state index is 12.7. The normalized spacial score (nSPS) is 11.7. The van der Waals surface area contributed by atoms with Gasteiger partial charge in [-0.15, -0.1) is 13.2 Å². The maximum Gasteiger partial charge on any atom is 0.573 e. The summed E-state index contributed by atoms with van der Waals surface area (Å²) < 4.78 is 68.5. The molecule has 32 heavy (non-hydrogen) atoms. The van der Waals surface area contributed by atoms with Gasteiger partial charge < -0.3 is 9.84 Å². The Morgan fingerprint density at radius 2 is 1.44 bits per heavy atom. The summed E-state index contributed by atoms with van der Waals surface area (Å²) in [7, 11) is -4.08. The first kappa shape index (κ1) is 23.1. The molecule has 2 N–H and O–H groups in total.